The number of carbonyl (C=O) groups excluding carboxylic acids is 2. The minimum absolute atomic E-state index is 0.0723. The highest BCUT2D eigenvalue weighted by molar-refractivity contribution is 7.12. The van der Waals surface area contributed by atoms with E-state index in [9.17, 15) is 9.59 Å². The van der Waals surface area contributed by atoms with Gasteiger partial charge in [-0.05, 0) is 36.1 Å². The maximum absolute atomic E-state index is 12.1. The Labute approximate surface area is 117 Å². The summed E-state index contributed by atoms with van der Waals surface area (Å²) >= 11 is 1.38. The summed E-state index contributed by atoms with van der Waals surface area (Å²) in [4.78, 5) is 24.7. The van der Waals surface area contributed by atoms with E-state index in [-0.39, 0.29) is 17.7 Å². The molecule has 0 saturated heterocycles. The van der Waals surface area contributed by atoms with Crippen LogP contribution in [0.2, 0.25) is 0 Å². The summed E-state index contributed by atoms with van der Waals surface area (Å²) in [5.41, 5.74) is 0. The van der Waals surface area contributed by atoms with Gasteiger partial charge in [0.15, 0.2) is 0 Å². The second kappa shape index (κ2) is 6.19. The van der Waals surface area contributed by atoms with Crippen molar-refractivity contribution < 1.29 is 9.59 Å². The van der Waals surface area contributed by atoms with Gasteiger partial charge in [0.2, 0.25) is 5.91 Å². The third kappa shape index (κ3) is 4.06. The molecule has 1 atom stereocenters. The van der Waals surface area contributed by atoms with Crippen molar-refractivity contribution in [2.45, 2.75) is 32.7 Å². The number of nitrogens with one attached hydrogen (secondary N) is 2. The van der Waals surface area contributed by atoms with Crippen molar-refractivity contribution in [1.29, 1.82) is 0 Å². The smallest absolute Gasteiger partial charge is 0.262 e. The third-order valence-corrected chi connectivity index (χ3v) is 4.11. The van der Waals surface area contributed by atoms with Crippen LogP contribution in [-0.4, -0.2) is 24.4 Å². The van der Waals surface area contributed by atoms with Crippen molar-refractivity contribution in [3.63, 3.8) is 0 Å². The summed E-state index contributed by atoms with van der Waals surface area (Å²) in [6.07, 6.45) is 2.41. The fourth-order valence-corrected chi connectivity index (χ4v) is 2.46. The van der Waals surface area contributed by atoms with Gasteiger partial charge >= 0.3 is 0 Å². The van der Waals surface area contributed by atoms with Crippen molar-refractivity contribution in [1.82, 2.24) is 10.6 Å². The van der Waals surface area contributed by atoms with E-state index < -0.39 is 6.04 Å². The normalized spacial score (nSPS) is 16.2. The average molecular weight is 280 g/mol. The summed E-state index contributed by atoms with van der Waals surface area (Å²) in [6, 6.07) is 3.13. The van der Waals surface area contributed by atoms with E-state index in [0.29, 0.717) is 10.8 Å². The second-order valence-corrected chi connectivity index (χ2v) is 6.31. The van der Waals surface area contributed by atoms with Crippen LogP contribution in [0.3, 0.4) is 0 Å². The highest BCUT2D eigenvalue weighted by Crippen LogP contribution is 2.27. The number of amides is 2. The number of carbonyl (C=O) groups is 2. The zero-order valence-electron chi connectivity index (χ0n) is 11.3. The fourth-order valence-electron chi connectivity index (χ4n) is 1.83. The van der Waals surface area contributed by atoms with Gasteiger partial charge in [0, 0.05) is 6.54 Å². The summed E-state index contributed by atoms with van der Waals surface area (Å²) < 4.78 is 0. The van der Waals surface area contributed by atoms with Gasteiger partial charge in [-0.1, -0.05) is 19.9 Å². The Balaban J connectivity index is 1.91. The Morgan fingerprint density at radius 3 is 2.68 bits per heavy atom. The summed E-state index contributed by atoms with van der Waals surface area (Å²) in [6.45, 7) is 4.61. The summed E-state index contributed by atoms with van der Waals surface area (Å²) in [5, 5.41) is 7.60. The quantitative estimate of drug-likeness (QED) is 0.837. The molecule has 0 bridgehead atoms. The predicted octanol–water partition coefficient (Wildman–Crippen LogP) is 2.03. The van der Waals surface area contributed by atoms with Crippen molar-refractivity contribution >= 4 is 23.2 Å². The van der Waals surface area contributed by atoms with Gasteiger partial charge in [-0.2, -0.15) is 0 Å². The second-order valence-electron chi connectivity index (χ2n) is 5.36. The van der Waals surface area contributed by atoms with Gasteiger partial charge in [0.1, 0.15) is 6.04 Å². The van der Waals surface area contributed by atoms with Crippen molar-refractivity contribution in [2.24, 2.45) is 11.8 Å². The molecule has 2 N–H and O–H groups in total. The molecule has 4 nitrogen and oxygen atoms in total. The maximum atomic E-state index is 12.1. The lowest BCUT2D eigenvalue weighted by Crippen LogP contribution is -2.49. The molecule has 2 rings (SSSR count). The molecular formula is C14H20N2O2S. The first-order valence-corrected chi connectivity index (χ1v) is 7.58. The lowest BCUT2D eigenvalue weighted by Gasteiger charge is -2.21. The van der Waals surface area contributed by atoms with Crippen LogP contribution in [0.1, 0.15) is 36.4 Å². The van der Waals surface area contributed by atoms with E-state index in [4.69, 9.17) is 0 Å². The molecule has 1 aromatic rings. The minimum Gasteiger partial charge on any atom is -0.354 e. The molecule has 1 aliphatic carbocycles. The third-order valence-electron chi connectivity index (χ3n) is 3.24. The molecule has 1 aliphatic rings. The Morgan fingerprint density at radius 1 is 1.42 bits per heavy atom. The molecule has 1 aromatic heterocycles. The number of hydrogen-bond acceptors (Lipinski definition) is 3. The van der Waals surface area contributed by atoms with Crippen LogP contribution in [-0.2, 0) is 4.79 Å². The van der Waals surface area contributed by atoms with E-state index in [1.54, 1.807) is 6.07 Å². The van der Waals surface area contributed by atoms with Crippen LogP contribution < -0.4 is 10.6 Å². The first-order chi connectivity index (χ1) is 9.08. The fraction of sp³-hybridized carbons (Fsp3) is 0.571. The highest BCUT2D eigenvalue weighted by Gasteiger charge is 2.27. The van der Waals surface area contributed by atoms with Crippen molar-refractivity contribution in [3.05, 3.63) is 22.4 Å². The number of rotatable bonds is 6. The van der Waals surface area contributed by atoms with Gasteiger partial charge in [-0.25, -0.2) is 0 Å². The van der Waals surface area contributed by atoms with E-state index in [1.807, 2.05) is 25.3 Å². The van der Waals surface area contributed by atoms with Crippen LogP contribution >= 0.6 is 11.3 Å². The highest BCUT2D eigenvalue weighted by atomic mass is 32.1. The molecule has 1 heterocycles. The van der Waals surface area contributed by atoms with Crippen LogP contribution in [0.15, 0.2) is 17.5 Å². The molecule has 1 fully saturated rings. The Kier molecular flexibility index (Phi) is 4.58. The van der Waals surface area contributed by atoms with Gasteiger partial charge < -0.3 is 10.6 Å². The SMILES string of the molecule is CC(C)C(NC(=O)c1cccs1)C(=O)NCC1CC1. The summed E-state index contributed by atoms with van der Waals surface area (Å²) in [7, 11) is 0. The van der Waals surface area contributed by atoms with Gasteiger partial charge in [0.05, 0.1) is 4.88 Å². The van der Waals surface area contributed by atoms with E-state index >= 15 is 0 Å². The molecule has 1 unspecified atom stereocenters. The van der Waals surface area contributed by atoms with E-state index in [0.717, 1.165) is 6.54 Å². The molecule has 0 aromatic carbocycles. The van der Waals surface area contributed by atoms with Crippen LogP contribution in [0.4, 0.5) is 0 Å². The van der Waals surface area contributed by atoms with E-state index in [1.165, 1.54) is 24.2 Å². The standard InChI is InChI=1S/C14H20N2O2S/c1-9(2)12(14(18)15-8-10-5-6-10)16-13(17)11-4-3-7-19-11/h3-4,7,9-10,12H,5-6,8H2,1-2H3,(H,15,18)(H,16,17). The monoisotopic (exact) mass is 280 g/mol. The predicted molar refractivity (Wildman–Crippen MR) is 76.1 cm³/mol. The molecule has 1 saturated carbocycles. The molecule has 5 heteroatoms. The molecular weight excluding hydrogens is 260 g/mol. The Bertz CT molecular complexity index is 438. The Hall–Kier alpha value is -1.36. The maximum Gasteiger partial charge on any atom is 0.262 e. The molecule has 0 radical (unpaired) electrons. The lowest BCUT2D eigenvalue weighted by molar-refractivity contribution is -0.124. The van der Waals surface area contributed by atoms with Gasteiger partial charge in [-0.15, -0.1) is 11.3 Å². The van der Waals surface area contributed by atoms with Crippen molar-refractivity contribution in [3.8, 4) is 0 Å². The van der Waals surface area contributed by atoms with Crippen LogP contribution in [0, 0.1) is 11.8 Å². The molecule has 0 aliphatic heterocycles. The number of thiophene rings is 1. The largest absolute Gasteiger partial charge is 0.354 e. The zero-order chi connectivity index (χ0) is 13.8. The molecule has 0 spiro atoms. The van der Waals surface area contributed by atoms with Gasteiger partial charge in [-0.3, -0.25) is 9.59 Å². The van der Waals surface area contributed by atoms with Crippen LogP contribution in [0.5, 0.6) is 0 Å². The lowest BCUT2D eigenvalue weighted by atomic mass is 10.0. The summed E-state index contributed by atoms with van der Waals surface area (Å²) in [5.74, 6) is 0.468. The van der Waals surface area contributed by atoms with Crippen LogP contribution in [0.25, 0.3) is 0 Å². The molecule has 104 valence electrons. The first kappa shape index (κ1) is 14.1. The average Bonchev–Trinajstić information content (AvgIpc) is 3.04. The Morgan fingerprint density at radius 2 is 2.16 bits per heavy atom. The minimum atomic E-state index is -0.464. The van der Waals surface area contributed by atoms with Crippen molar-refractivity contribution in [2.75, 3.05) is 6.54 Å². The first-order valence-electron chi connectivity index (χ1n) is 6.70. The molecule has 2 amide bonds. The van der Waals surface area contributed by atoms with E-state index in [2.05, 4.69) is 10.6 Å². The molecule has 19 heavy (non-hydrogen) atoms. The topological polar surface area (TPSA) is 58.2 Å². The number of hydrogen-bond donors (Lipinski definition) is 2. The van der Waals surface area contributed by atoms with Gasteiger partial charge in [0.25, 0.3) is 5.91 Å². The zero-order valence-corrected chi connectivity index (χ0v) is 12.1.